The Labute approximate surface area is 199 Å². The zero-order chi connectivity index (χ0) is 24.0. The molecular weight excluding hydrogens is 442 g/mol. The van der Waals surface area contributed by atoms with Gasteiger partial charge in [-0.15, -0.1) is 0 Å². The van der Waals surface area contributed by atoms with Gasteiger partial charge in [-0.05, 0) is 51.5 Å². The summed E-state index contributed by atoms with van der Waals surface area (Å²) in [6.07, 6.45) is 3.13. The van der Waals surface area contributed by atoms with Gasteiger partial charge in [-0.25, -0.2) is 14.6 Å². The average Bonchev–Trinajstić information content (AvgIpc) is 3.13. The lowest BCUT2D eigenvalue weighted by Gasteiger charge is -2.37. The second kappa shape index (κ2) is 11.2. The number of aromatic nitrogens is 2. The summed E-state index contributed by atoms with van der Waals surface area (Å²) in [5, 5.41) is 1.01. The average molecular weight is 478 g/mol. The third kappa shape index (κ3) is 6.86. The number of piperidine rings is 1. The molecule has 1 aliphatic heterocycles. The topological polar surface area (TPSA) is 82.9 Å². The van der Waals surface area contributed by atoms with E-state index in [-0.39, 0.29) is 31.3 Å². The number of hydrogen-bond donors (Lipinski definition) is 0. The Kier molecular flexibility index (Phi) is 8.64. The molecule has 0 saturated carbocycles. The van der Waals surface area contributed by atoms with Gasteiger partial charge < -0.3 is 23.7 Å². The molecule has 8 nitrogen and oxygen atoms in total. The van der Waals surface area contributed by atoms with Crippen molar-refractivity contribution in [3.05, 3.63) is 24.3 Å². The molecule has 0 spiro atoms. The molecule has 2 heterocycles. The number of fused-ring (bicyclic) bond motifs is 1. The second-order valence-electron chi connectivity index (χ2n) is 9.34. The van der Waals surface area contributed by atoms with Crippen LogP contribution in [0.4, 0.5) is 4.79 Å². The van der Waals surface area contributed by atoms with Crippen LogP contribution in [-0.4, -0.2) is 71.3 Å². The molecule has 1 aliphatic rings. The van der Waals surface area contributed by atoms with Crippen LogP contribution in [0.1, 0.15) is 46.6 Å². The van der Waals surface area contributed by atoms with E-state index in [0.717, 1.165) is 22.6 Å². The van der Waals surface area contributed by atoms with Gasteiger partial charge in [0.05, 0.1) is 24.2 Å². The summed E-state index contributed by atoms with van der Waals surface area (Å²) in [5.74, 6) is -0.126. The summed E-state index contributed by atoms with van der Waals surface area (Å²) in [4.78, 5) is 30.7. The Morgan fingerprint density at radius 2 is 1.97 bits per heavy atom. The number of hydrogen-bond acceptors (Lipinski definition) is 7. The number of carbonyl (C=O) groups is 2. The molecule has 1 aromatic heterocycles. The molecule has 0 N–H and O–H groups in total. The predicted octanol–water partition coefficient (Wildman–Crippen LogP) is 4.53. The molecule has 2 aromatic rings. The first-order valence-corrected chi connectivity index (χ1v) is 12.6. The van der Waals surface area contributed by atoms with Crippen molar-refractivity contribution in [1.29, 1.82) is 0 Å². The van der Waals surface area contributed by atoms with Crippen molar-refractivity contribution in [1.82, 2.24) is 14.5 Å². The molecular formula is C24H35N3O5S. The van der Waals surface area contributed by atoms with Crippen LogP contribution < -0.4 is 0 Å². The number of rotatable bonds is 8. The van der Waals surface area contributed by atoms with Crippen molar-refractivity contribution in [3.8, 4) is 0 Å². The molecule has 182 valence electrons. The highest BCUT2D eigenvalue weighted by Crippen LogP contribution is 2.35. The monoisotopic (exact) mass is 477 g/mol. The number of nitrogens with zero attached hydrogens (tertiary/aromatic N) is 3. The van der Waals surface area contributed by atoms with Crippen LogP contribution in [0.5, 0.6) is 0 Å². The molecule has 0 aliphatic carbocycles. The van der Waals surface area contributed by atoms with Gasteiger partial charge in [0.1, 0.15) is 12.2 Å². The second-order valence-corrected chi connectivity index (χ2v) is 10.1. The molecule has 3 rings (SSSR count). The van der Waals surface area contributed by atoms with Gasteiger partial charge in [-0.3, -0.25) is 0 Å². The first-order valence-electron chi connectivity index (χ1n) is 11.4. The van der Waals surface area contributed by atoms with Crippen molar-refractivity contribution in [3.63, 3.8) is 0 Å². The Bertz CT molecular complexity index is 955. The highest BCUT2D eigenvalue weighted by molar-refractivity contribution is 7.98. The lowest BCUT2D eigenvalue weighted by Crippen LogP contribution is -2.44. The molecule has 0 bridgehead atoms. The number of imidazole rings is 1. The first-order chi connectivity index (χ1) is 15.7. The third-order valence-electron chi connectivity index (χ3n) is 5.49. The molecule has 1 aromatic carbocycles. The smallest absolute Gasteiger partial charge is 0.409 e. The lowest BCUT2D eigenvalue weighted by molar-refractivity contribution is -0.160. The van der Waals surface area contributed by atoms with Gasteiger partial charge in [0.15, 0.2) is 5.16 Å². The van der Waals surface area contributed by atoms with E-state index in [1.807, 2.05) is 45.2 Å². The number of likely N-dealkylation sites (tertiary alicyclic amines) is 1. The summed E-state index contributed by atoms with van der Waals surface area (Å²) in [5.41, 5.74) is 1.62. The normalized spacial score (nSPS) is 19.0. The molecule has 0 radical (unpaired) electrons. The highest BCUT2D eigenvalue weighted by atomic mass is 32.2. The summed E-state index contributed by atoms with van der Waals surface area (Å²) in [6.45, 7) is 9.38. The highest BCUT2D eigenvalue weighted by Gasteiger charge is 2.32. The van der Waals surface area contributed by atoms with Crippen LogP contribution >= 0.6 is 11.8 Å². The Hall–Kier alpha value is -2.26. The number of benzene rings is 1. The fourth-order valence-corrected chi connectivity index (χ4v) is 4.73. The summed E-state index contributed by atoms with van der Waals surface area (Å²) in [6, 6.07) is 8.48. The number of esters is 1. The van der Waals surface area contributed by atoms with Crippen LogP contribution in [0, 0.1) is 5.92 Å². The van der Waals surface area contributed by atoms with Crippen molar-refractivity contribution in [2.24, 2.45) is 5.92 Å². The van der Waals surface area contributed by atoms with Gasteiger partial charge in [0.25, 0.3) is 0 Å². The summed E-state index contributed by atoms with van der Waals surface area (Å²) >= 11 is 1.65. The minimum Gasteiger partial charge on any atom is -0.458 e. The van der Waals surface area contributed by atoms with Crippen molar-refractivity contribution < 1.29 is 23.8 Å². The van der Waals surface area contributed by atoms with Crippen molar-refractivity contribution >= 4 is 34.9 Å². The zero-order valence-electron chi connectivity index (χ0n) is 20.2. The summed E-state index contributed by atoms with van der Waals surface area (Å²) in [7, 11) is 0. The van der Waals surface area contributed by atoms with Crippen LogP contribution in [0.25, 0.3) is 11.0 Å². The minimum absolute atomic E-state index is 0.1000. The maximum Gasteiger partial charge on any atom is 0.409 e. The fraction of sp³-hybridized carbons (Fsp3) is 0.625. The number of ether oxygens (including phenoxy) is 3. The predicted molar refractivity (Wildman–Crippen MR) is 129 cm³/mol. The number of carbonyl (C=O) groups excluding carboxylic acids is 2. The maximum absolute atomic E-state index is 12.5. The van der Waals surface area contributed by atoms with E-state index in [2.05, 4.69) is 17.6 Å². The van der Waals surface area contributed by atoms with E-state index in [9.17, 15) is 9.59 Å². The van der Waals surface area contributed by atoms with Crippen molar-refractivity contribution in [2.45, 2.75) is 57.3 Å². The fourth-order valence-electron chi connectivity index (χ4n) is 4.11. The molecule has 1 saturated heterocycles. The third-order valence-corrected chi connectivity index (χ3v) is 6.15. The minimum atomic E-state index is -0.525. The van der Waals surface area contributed by atoms with Crippen molar-refractivity contribution in [2.75, 3.05) is 39.2 Å². The molecule has 9 heteroatoms. The largest absolute Gasteiger partial charge is 0.458 e. The number of amides is 1. The van der Waals surface area contributed by atoms with E-state index < -0.39 is 11.6 Å². The van der Waals surface area contributed by atoms with E-state index >= 15 is 0 Å². The van der Waals surface area contributed by atoms with Crippen LogP contribution in [0.3, 0.4) is 0 Å². The van der Waals surface area contributed by atoms with Crippen LogP contribution in [-0.2, 0) is 19.0 Å². The lowest BCUT2D eigenvalue weighted by atomic mass is 9.93. The Morgan fingerprint density at radius 1 is 1.21 bits per heavy atom. The van der Waals surface area contributed by atoms with Gasteiger partial charge in [-0.2, -0.15) is 0 Å². The Balaban J connectivity index is 1.43. The van der Waals surface area contributed by atoms with E-state index in [1.54, 1.807) is 16.7 Å². The van der Waals surface area contributed by atoms with E-state index in [4.69, 9.17) is 19.2 Å². The van der Waals surface area contributed by atoms with E-state index in [1.165, 1.54) is 0 Å². The number of thioether (sulfide) groups is 1. The van der Waals surface area contributed by atoms with Gasteiger partial charge >= 0.3 is 12.1 Å². The van der Waals surface area contributed by atoms with Gasteiger partial charge in [0.2, 0.25) is 0 Å². The van der Waals surface area contributed by atoms with Crippen LogP contribution in [0.15, 0.2) is 29.4 Å². The summed E-state index contributed by atoms with van der Waals surface area (Å²) < 4.78 is 18.2. The molecule has 1 amide bonds. The van der Waals surface area contributed by atoms with Crippen LogP contribution in [0.2, 0.25) is 0 Å². The first kappa shape index (κ1) is 25.4. The Morgan fingerprint density at radius 3 is 2.67 bits per heavy atom. The standard InChI is InChI=1S/C24H35N3O5S/c1-17-15-26(23(29)31-14-8-13-30-16-21(28)32-24(2,3)4)12-11-19(17)27-20-10-7-6-9-18(20)25-22(27)33-5/h6-7,9-10,17,19H,8,11-16H2,1-5H3/t17-,19-/m1/s1. The van der Waals surface area contributed by atoms with E-state index in [0.29, 0.717) is 26.1 Å². The van der Waals surface area contributed by atoms with Gasteiger partial charge in [-0.1, -0.05) is 30.8 Å². The molecule has 1 fully saturated rings. The SMILES string of the molecule is CSc1nc2ccccc2n1[C@@H]1CCN(C(=O)OCCCOCC(=O)OC(C)(C)C)C[C@H]1C. The molecule has 33 heavy (non-hydrogen) atoms. The molecule has 2 atom stereocenters. The zero-order valence-corrected chi connectivity index (χ0v) is 21.0. The number of para-hydroxylation sites is 2. The maximum atomic E-state index is 12.5. The molecule has 0 unspecified atom stereocenters. The quantitative estimate of drug-likeness (QED) is 0.314. The van der Waals surface area contributed by atoms with Gasteiger partial charge in [0, 0.05) is 25.6 Å².